The molecule has 1 N–H and O–H groups in total. The first-order valence-corrected chi connectivity index (χ1v) is 8.90. The monoisotopic (exact) mass is 383 g/mol. The van der Waals surface area contributed by atoms with Crippen molar-refractivity contribution < 1.29 is 9.59 Å². The molecular weight excluding hydrogens is 369 g/mol. The van der Waals surface area contributed by atoms with Crippen LogP contribution in [0.15, 0.2) is 41.3 Å². The molecule has 0 radical (unpaired) electrons. The lowest BCUT2D eigenvalue weighted by Gasteiger charge is -2.17. The first-order valence-electron chi connectivity index (χ1n) is 6.92. The van der Waals surface area contributed by atoms with Crippen LogP contribution in [0.1, 0.15) is 10.4 Å². The molecule has 0 aliphatic rings. The molecule has 0 atom stereocenters. The number of anilines is 1. The Kier molecular flexibility index (Phi) is 6.48. The van der Waals surface area contributed by atoms with Gasteiger partial charge in [-0.3, -0.25) is 9.59 Å². The van der Waals surface area contributed by atoms with Gasteiger partial charge in [0.2, 0.25) is 5.91 Å². The summed E-state index contributed by atoms with van der Waals surface area (Å²) in [6, 6.07) is 10.3. The Labute approximate surface area is 154 Å². The van der Waals surface area contributed by atoms with E-state index in [1.807, 2.05) is 30.5 Å². The molecule has 24 heavy (non-hydrogen) atoms. The normalized spacial score (nSPS) is 10.3. The van der Waals surface area contributed by atoms with Gasteiger partial charge in [-0.15, -0.1) is 11.8 Å². The second-order valence-electron chi connectivity index (χ2n) is 4.91. The second kappa shape index (κ2) is 8.37. The quantitative estimate of drug-likeness (QED) is 0.629. The summed E-state index contributed by atoms with van der Waals surface area (Å²) in [4.78, 5) is 30.6. The van der Waals surface area contributed by atoms with E-state index in [4.69, 9.17) is 23.2 Å². The highest BCUT2D eigenvalue weighted by molar-refractivity contribution is 7.98. The zero-order chi connectivity index (χ0) is 17.7. The van der Waals surface area contributed by atoms with E-state index < -0.39 is 0 Å². The Bertz CT molecular complexity index is 750. The summed E-state index contributed by atoms with van der Waals surface area (Å²) >= 11 is 13.1. The minimum atomic E-state index is -0.366. The van der Waals surface area contributed by atoms with Crippen molar-refractivity contribution >= 4 is 52.5 Å². The van der Waals surface area contributed by atoms with Gasteiger partial charge in [0.1, 0.15) is 10.3 Å². The topological polar surface area (TPSA) is 62.3 Å². The van der Waals surface area contributed by atoms with Gasteiger partial charge in [0.05, 0.1) is 12.2 Å². The van der Waals surface area contributed by atoms with E-state index in [0.717, 1.165) is 4.90 Å². The van der Waals surface area contributed by atoms with Gasteiger partial charge in [0.25, 0.3) is 5.91 Å². The van der Waals surface area contributed by atoms with Crippen molar-refractivity contribution in [3.05, 3.63) is 52.3 Å². The maximum absolute atomic E-state index is 12.4. The Hall–Kier alpha value is -1.76. The fourth-order valence-corrected chi connectivity index (χ4v) is 3.05. The number of hydrogen-bond acceptors (Lipinski definition) is 4. The van der Waals surface area contributed by atoms with Crippen molar-refractivity contribution in [1.82, 2.24) is 9.88 Å². The third-order valence-corrected chi connectivity index (χ3v) is 4.30. The number of halogens is 2. The van der Waals surface area contributed by atoms with E-state index in [1.165, 1.54) is 35.8 Å². The molecule has 1 aromatic carbocycles. The number of carbonyl (C=O) groups is 2. The van der Waals surface area contributed by atoms with Crippen molar-refractivity contribution in [3.63, 3.8) is 0 Å². The Morgan fingerprint density at radius 2 is 1.83 bits per heavy atom. The largest absolute Gasteiger partial charge is 0.332 e. The second-order valence-corrected chi connectivity index (χ2v) is 6.53. The molecule has 0 saturated carbocycles. The third-order valence-electron chi connectivity index (χ3n) is 3.12. The van der Waals surface area contributed by atoms with E-state index in [0.29, 0.717) is 5.69 Å². The molecule has 2 rings (SSSR count). The molecule has 5 nitrogen and oxygen atoms in total. The van der Waals surface area contributed by atoms with Gasteiger partial charge in [-0.25, -0.2) is 4.98 Å². The van der Waals surface area contributed by atoms with Crippen LogP contribution < -0.4 is 5.32 Å². The van der Waals surface area contributed by atoms with E-state index in [-0.39, 0.29) is 34.2 Å². The standard InChI is InChI=1S/C16H15Cl2N3O2S/c1-21(16(23)10-7-13(17)20-14(18)8-10)9-15(22)19-11-5-3-4-6-12(11)24-2/h3-8H,9H2,1-2H3,(H,19,22). The zero-order valence-electron chi connectivity index (χ0n) is 13.0. The Balaban J connectivity index is 2.04. The number of thioether (sulfide) groups is 1. The van der Waals surface area contributed by atoms with Gasteiger partial charge in [0, 0.05) is 17.5 Å². The molecule has 2 aromatic rings. The van der Waals surface area contributed by atoms with Crippen LogP contribution >= 0.6 is 35.0 Å². The summed E-state index contributed by atoms with van der Waals surface area (Å²) in [7, 11) is 1.53. The highest BCUT2D eigenvalue weighted by Crippen LogP contribution is 2.24. The number of nitrogens with one attached hydrogen (secondary N) is 1. The summed E-state index contributed by atoms with van der Waals surface area (Å²) in [6.07, 6.45) is 1.93. The Morgan fingerprint density at radius 1 is 1.21 bits per heavy atom. The van der Waals surface area contributed by atoms with Crippen LogP contribution in [0.2, 0.25) is 10.3 Å². The molecule has 8 heteroatoms. The number of benzene rings is 1. The minimum absolute atomic E-state index is 0.0981. The first kappa shape index (κ1) is 18.6. The van der Waals surface area contributed by atoms with Crippen molar-refractivity contribution in [2.75, 3.05) is 25.2 Å². The fraction of sp³-hybridized carbons (Fsp3) is 0.188. The van der Waals surface area contributed by atoms with E-state index in [9.17, 15) is 9.59 Å². The lowest BCUT2D eigenvalue weighted by atomic mass is 10.2. The lowest BCUT2D eigenvalue weighted by molar-refractivity contribution is -0.116. The molecule has 0 aliphatic carbocycles. The number of likely N-dealkylation sites (N-methyl/N-ethyl adjacent to an activating group) is 1. The molecule has 0 bridgehead atoms. The third kappa shape index (κ3) is 4.87. The summed E-state index contributed by atoms with van der Waals surface area (Å²) in [6.45, 7) is -0.0981. The molecule has 0 spiro atoms. The number of hydrogen-bond donors (Lipinski definition) is 1. The maximum Gasteiger partial charge on any atom is 0.254 e. The van der Waals surface area contributed by atoms with E-state index in [1.54, 1.807) is 0 Å². The smallest absolute Gasteiger partial charge is 0.254 e. The van der Waals surface area contributed by atoms with Gasteiger partial charge in [-0.1, -0.05) is 35.3 Å². The van der Waals surface area contributed by atoms with Crippen LogP contribution in [0.25, 0.3) is 0 Å². The molecule has 126 valence electrons. The van der Waals surface area contributed by atoms with E-state index >= 15 is 0 Å². The SMILES string of the molecule is CSc1ccccc1NC(=O)CN(C)C(=O)c1cc(Cl)nc(Cl)c1. The molecule has 0 unspecified atom stereocenters. The zero-order valence-corrected chi connectivity index (χ0v) is 15.4. The van der Waals surface area contributed by atoms with Crippen molar-refractivity contribution in [2.45, 2.75) is 4.90 Å². The van der Waals surface area contributed by atoms with Gasteiger partial charge in [-0.2, -0.15) is 0 Å². The van der Waals surface area contributed by atoms with Crippen LogP contribution in [-0.2, 0) is 4.79 Å². The fourth-order valence-electron chi connectivity index (χ4n) is 2.03. The van der Waals surface area contributed by atoms with Crippen molar-refractivity contribution in [2.24, 2.45) is 0 Å². The van der Waals surface area contributed by atoms with Gasteiger partial charge < -0.3 is 10.2 Å². The maximum atomic E-state index is 12.4. The van der Waals surface area contributed by atoms with Crippen LogP contribution in [0.4, 0.5) is 5.69 Å². The predicted octanol–water partition coefficient (Wildman–Crippen LogP) is 3.82. The molecule has 1 heterocycles. The van der Waals surface area contributed by atoms with Crippen LogP contribution in [0.5, 0.6) is 0 Å². The molecular formula is C16H15Cl2N3O2S. The highest BCUT2D eigenvalue weighted by atomic mass is 35.5. The Morgan fingerprint density at radius 3 is 2.46 bits per heavy atom. The molecule has 0 saturated heterocycles. The number of nitrogens with zero attached hydrogens (tertiary/aromatic N) is 2. The molecule has 1 aromatic heterocycles. The number of rotatable bonds is 5. The van der Waals surface area contributed by atoms with Crippen molar-refractivity contribution in [3.8, 4) is 0 Å². The van der Waals surface area contributed by atoms with Crippen molar-refractivity contribution in [1.29, 1.82) is 0 Å². The average Bonchev–Trinajstić information content (AvgIpc) is 2.53. The summed E-state index contributed by atoms with van der Waals surface area (Å²) in [5.74, 6) is -0.659. The summed E-state index contributed by atoms with van der Waals surface area (Å²) < 4.78 is 0. The van der Waals surface area contributed by atoms with E-state index in [2.05, 4.69) is 10.3 Å². The van der Waals surface area contributed by atoms with Crippen LogP contribution in [-0.4, -0.2) is 41.5 Å². The van der Waals surface area contributed by atoms with Crippen LogP contribution in [0, 0.1) is 0 Å². The minimum Gasteiger partial charge on any atom is -0.332 e. The first-order chi connectivity index (χ1) is 11.4. The van der Waals surface area contributed by atoms with Gasteiger partial charge >= 0.3 is 0 Å². The van der Waals surface area contributed by atoms with Gasteiger partial charge in [0.15, 0.2) is 0 Å². The highest BCUT2D eigenvalue weighted by Gasteiger charge is 2.17. The molecule has 0 fully saturated rings. The average molecular weight is 384 g/mol. The summed E-state index contributed by atoms with van der Waals surface area (Å²) in [5.41, 5.74) is 0.991. The number of pyridine rings is 1. The van der Waals surface area contributed by atoms with Crippen LogP contribution in [0.3, 0.4) is 0 Å². The molecule has 2 amide bonds. The predicted molar refractivity (Wildman–Crippen MR) is 98.1 cm³/mol. The summed E-state index contributed by atoms with van der Waals surface area (Å²) in [5, 5.41) is 3.05. The number of aromatic nitrogens is 1. The van der Waals surface area contributed by atoms with Gasteiger partial charge in [-0.05, 0) is 30.5 Å². The molecule has 0 aliphatic heterocycles. The lowest BCUT2D eigenvalue weighted by Crippen LogP contribution is -2.35. The number of para-hydroxylation sites is 1. The number of carbonyl (C=O) groups excluding carboxylic acids is 2. The number of amides is 2.